The summed E-state index contributed by atoms with van der Waals surface area (Å²) in [4.78, 5) is 19.6. The van der Waals surface area contributed by atoms with E-state index in [-0.39, 0.29) is 11.7 Å². The van der Waals surface area contributed by atoms with Crippen molar-refractivity contribution in [2.24, 2.45) is 7.05 Å². The minimum absolute atomic E-state index is 0.0854. The van der Waals surface area contributed by atoms with Gasteiger partial charge in [0.05, 0.1) is 29.0 Å². The lowest BCUT2D eigenvalue weighted by atomic mass is 10.1. The van der Waals surface area contributed by atoms with Gasteiger partial charge in [-0.05, 0) is 48.9 Å². The van der Waals surface area contributed by atoms with Gasteiger partial charge >= 0.3 is 0 Å². The zero-order chi connectivity index (χ0) is 21.0. The Labute approximate surface area is 178 Å². The number of benzene rings is 2. The normalized spacial score (nSPS) is 13.7. The average molecular weight is 423 g/mol. The first-order chi connectivity index (χ1) is 14.4. The molecule has 1 amide bonds. The number of hydrogen-bond acceptors (Lipinski definition) is 2. The Balaban J connectivity index is 1.45. The van der Waals surface area contributed by atoms with Gasteiger partial charge in [-0.25, -0.2) is 9.37 Å². The van der Waals surface area contributed by atoms with E-state index in [4.69, 9.17) is 11.6 Å². The van der Waals surface area contributed by atoms with Crippen LogP contribution < -0.4 is 0 Å². The van der Waals surface area contributed by atoms with Crippen LogP contribution in [0, 0.1) is 12.7 Å². The molecule has 4 aromatic rings. The summed E-state index contributed by atoms with van der Waals surface area (Å²) in [6.45, 7) is 3.51. The largest absolute Gasteiger partial charge is 0.351 e. The van der Waals surface area contributed by atoms with E-state index in [1.165, 1.54) is 12.1 Å². The molecule has 0 saturated carbocycles. The van der Waals surface area contributed by atoms with Crippen LogP contribution in [-0.2, 0) is 20.1 Å². The van der Waals surface area contributed by atoms with Gasteiger partial charge in [0.1, 0.15) is 11.6 Å². The monoisotopic (exact) mass is 422 g/mol. The van der Waals surface area contributed by atoms with Crippen LogP contribution in [0.2, 0.25) is 5.02 Å². The minimum Gasteiger partial charge on any atom is -0.351 e. The summed E-state index contributed by atoms with van der Waals surface area (Å²) < 4.78 is 17.6. The molecule has 3 heterocycles. The van der Waals surface area contributed by atoms with E-state index in [9.17, 15) is 9.18 Å². The molecule has 0 fully saturated rings. The van der Waals surface area contributed by atoms with Crippen LogP contribution in [0.4, 0.5) is 4.39 Å². The van der Waals surface area contributed by atoms with E-state index in [1.807, 2.05) is 42.9 Å². The number of amides is 1. The van der Waals surface area contributed by atoms with Crippen LogP contribution in [0.1, 0.15) is 21.6 Å². The first-order valence-electron chi connectivity index (χ1n) is 9.77. The van der Waals surface area contributed by atoms with E-state index in [0.29, 0.717) is 30.2 Å². The molecular weight excluding hydrogens is 403 g/mol. The number of halogens is 2. The van der Waals surface area contributed by atoms with E-state index in [1.54, 1.807) is 17.2 Å². The van der Waals surface area contributed by atoms with Gasteiger partial charge in [-0.3, -0.25) is 4.79 Å². The van der Waals surface area contributed by atoms with Crippen molar-refractivity contribution >= 4 is 28.4 Å². The van der Waals surface area contributed by atoms with Crippen LogP contribution in [0.3, 0.4) is 0 Å². The number of carbonyl (C=O) groups is 1. The molecule has 0 aliphatic carbocycles. The Morgan fingerprint density at radius 1 is 1.17 bits per heavy atom. The number of aromatic nitrogens is 3. The summed E-state index contributed by atoms with van der Waals surface area (Å²) in [7, 11) is 1.95. The summed E-state index contributed by atoms with van der Waals surface area (Å²) in [5.74, 6) is 0.460. The number of carbonyl (C=O) groups excluding carboxylic acids is 1. The second kappa shape index (κ2) is 6.99. The molecule has 7 heteroatoms. The third kappa shape index (κ3) is 2.99. The summed E-state index contributed by atoms with van der Waals surface area (Å²) in [6.07, 6.45) is 3.74. The van der Waals surface area contributed by atoms with Crippen molar-refractivity contribution in [3.8, 4) is 11.4 Å². The molecule has 0 radical (unpaired) electrons. The zero-order valence-corrected chi connectivity index (χ0v) is 17.4. The molecule has 152 valence electrons. The molecular formula is C23H20ClFN4O. The number of aryl methyl sites for hydroxylation is 2. The molecule has 0 bridgehead atoms. The molecule has 1 aliphatic rings. The second-order valence-electron chi connectivity index (χ2n) is 7.73. The fraction of sp³-hybridized carbons (Fsp3) is 0.217. The van der Waals surface area contributed by atoms with Crippen molar-refractivity contribution in [3.05, 3.63) is 76.5 Å². The molecule has 1 aliphatic heterocycles. The van der Waals surface area contributed by atoms with Gasteiger partial charge in [0, 0.05) is 42.8 Å². The molecule has 0 spiro atoms. The average Bonchev–Trinajstić information content (AvgIpc) is 3.30. The quantitative estimate of drug-likeness (QED) is 0.465. The van der Waals surface area contributed by atoms with Crippen molar-refractivity contribution in [2.75, 3.05) is 6.54 Å². The second-order valence-corrected chi connectivity index (χ2v) is 8.14. The van der Waals surface area contributed by atoms with Crippen molar-refractivity contribution in [2.45, 2.75) is 20.0 Å². The van der Waals surface area contributed by atoms with Crippen molar-refractivity contribution in [1.29, 1.82) is 0 Å². The zero-order valence-electron chi connectivity index (χ0n) is 16.7. The lowest BCUT2D eigenvalue weighted by Gasteiger charge is -2.29. The number of rotatable bonds is 2. The van der Waals surface area contributed by atoms with Crippen molar-refractivity contribution in [3.63, 3.8) is 0 Å². The third-order valence-corrected chi connectivity index (χ3v) is 6.12. The summed E-state index contributed by atoms with van der Waals surface area (Å²) in [6, 6.07) is 10.4. The minimum atomic E-state index is -0.259. The Hall–Kier alpha value is -3.12. The number of imidazole rings is 1. The van der Waals surface area contributed by atoms with Gasteiger partial charge in [0.25, 0.3) is 5.91 Å². The fourth-order valence-electron chi connectivity index (χ4n) is 4.17. The first-order valence-corrected chi connectivity index (χ1v) is 10.1. The molecule has 2 aromatic heterocycles. The maximum absolute atomic E-state index is 13.5. The van der Waals surface area contributed by atoms with E-state index in [2.05, 4.69) is 9.55 Å². The number of nitrogens with zero attached hydrogens (tertiary/aromatic N) is 4. The van der Waals surface area contributed by atoms with Gasteiger partial charge in [-0.15, -0.1) is 0 Å². The van der Waals surface area contributed by atoms with Crippen molar-refractivity contribution in [1.82, 2.24) is 19.0 Å². The van der Waals surface area contributed by atoms with Crippen LogP contribution in [0.15, 0.2) is 48.8 Å². The standard InChI is InChI=1S/C23H20ClFN4O/c1-14-9-16(25)3-4-18(14)22-26-12-17-13-28(7-8-29(17)22)23(30)19-10-15-5-6-27(2)21(15)11-20(19)24/h3-6,9-12H,7-8,13H2,1-2H3. The maximum Gasteiger partial charge on any atom is 0.255 e. The van der Waals surface area contributed by atoms with E-state index in [0.717, 1.165) is 33.5 Å². The molecule has 5 rings (SSSR count). The Morgan fingerprint density at radius 3 is 2.80 bits per heavy atom. The summed E-state index contributed by atoms with van der Waals surface area (Å²) in [5.41, 5.74) is 4.20. The Bertz CT molecular complexity index is 1310. The molecule has 0 saturated heterocycles. The molecule has 2 aromatic carbocycles. The van der Waals surface area contributed by atoms with Gasteiger partial charge in [0.15, 0.2) is 0 Å². The maximum atomic E-state index is 13.5. The summed E-state index contributed by atoms with van der Waals surface area (Å²) >= 11 is 6.45. The Morgan fingerprint density at radius 2 is 2.00 bits per heavy atom. The lowest BCUT2D eigenvalue weighted by molar-refractivity contribution is 0.0712. The van der Waals surface area contributed by atoms with Crippen LogP contribution >= 0.6 is 11.6 Å². The highest BCUT2D eigenvalue weighted by Crippen LogP contribution is 2.29. The van der Waals surface area contributed by atoms with Crippen molar-refractivity contribution < 1.29 is 9.18 Å². The smallest absolute Gasteiger partial charge is 0.255 e. The van der Waals surface area contributed by atoms with Gasteiger partial charge in [-0.2, -0.15) is 0 Å². The van der Waals surface area contributed by atoms with Crippen LogP contribution in [0.25, 0.3) is 22.3 Å². The van der Waals surface area contributed by atoms with Crippen LogP contribution in [-0.4, -0.2) is 31.5 Å². The van der Waals surface area contributed by atoms with Gasteiger partial charge < -0.3 is 14.0 Å². The predicted molar refractivity (Wildman–Crippen MR) is 115 cm³/mol. The highest BCUT2D eigenvalue weighted by molar-refractivity contribution is 6.34. The number of fused-ring (bicyclic) bond motifs is 2. The third-order valence-electron chi connectivity index (χ3n) is 5.81. The SMILES string of the molecule is Cc1cc(F)ccc1-c1ncc2n1CCN(C(=O)c1cc3ccn(C)c3cc1Cl)C2. The van der Waals surface area contributed by atoms with Gasteiger partial charge in [-0.1, -0.05) is 11.6 Å². The lowest BCUT2D eigenvalue weighted by Crippen LogP contribution is -2.38. The highest BCUT2D eigenvalue weighted by atomic mass is 35.5. The number of hydrogen-bond donors (Lipinski definition) is 0. The van der Waals surface area contributed by atoms with E-state index >= 15 is 0 Å². The molecule has 30 heavy (non-hydrogen) atoms. The summed E-state index contributed by atoms with van der Waals surface area (Å²) in [5, 5.41) is 1.44. The van der Waals surface area contributed by atoms with Gasteiger partial charge in [0.2, 0.25) is 0 Å². The fourth-order valence-corrected chi connectivity index (χ4v) is 4.41. The highest BCUT2D eigenvalue weighted by Gasteiger charge is 2.26. The topological polar surface area (TPSA) is 43.1 Å². The predicted octanol–water partition coefficient (Wildman–Crippen LogP) is 4.80. The Kier molecular flexibility index (Phi) is 4.40. The first kappa shape index (κ1) is 18.9. The molecule has 5 nitrogen and oxygen atoms in total. The van der Waals surface area contributed by atoms with E-state index < -0.39 is 0 Å². The molecule has 0 unspecified atom stereocenters. The molecule has 0 N–H and O–H groups in total. The molecule has 0 atom stereocenters. The van der Waals surface area contributed by atoms with Crippen LogP contribution in [0.5, 0.6) is 0 Å².